The maximum atomic E-state index is 14.3. The first-order valence-electron chi connectivity index (χ1n) is 13.0. The van der Waals surface area contributed by atoms with Gasteiger partial charge in [0, 0.05) is 27.4 Å². The number of nitrogens with one attached hydrogen (secondary N) is 3. The van der Waals surface area contributed by atoms with E-state index in [0.29, 0.717) is 11.3 Å². The first-order chi connectivity index (χ1) is 19.7. The number of benzene rings is 4. The van der Waals surface area contributed by atoms with Crippen molar-refractivity contribution >= 4 is 46.9 Å². The van der Waals surface area contributed by atoms with E-state index in [-0.39, 0.29) is 22.4 Å². The summed E-state index contributed by atoms with van der Waals surface area (Å²) in [5.74, 6) is -1.75. The van der Waals surface area contributed by atoms with E-state index in [0.717, 1.165) is 21.7 Å². The van der Waals surface area contributed by atoms with Crippen molar-refractivity contribution in [2.24, 2.45) is 0 Å². The molecular weight excluding hydrogens is 537 g/mol. The van der Waals surface area contributed by atoms with Gasteiger partial charge in [-0.2, -0.15) is 0 Å². The van der Waals surface area contributed by atoms with Crippen LogP contribution in [0, 0.1) is 19.7 Å². The minimum Gasteiger partial charge on any atom is -0.325 e. The fourth-order valence-electron chi connectivity index (χ4n) is 3.83. The monoisotopic (exact) mass is 567 g/mol. The van der Waals surface area contributed by atoms with Crippen molar-refractivity contribution in [1.29, 1.82) is 0 Å². The smallest absolute Gasteiger partial charge is 0.272 e. The first kappa shape index (κ1) is 29.3. The highest BCUT2D eigenvalue weighted by molar-refractivity contribution is 8.00. The maximum Gasteiger partial charge on any atom is 0.272 e. The van der Waals surface area contributed by atoms with Crippen LogP contribution < -0.4 is 16.0 Å². The average molecular weight is 568 g/mol. The molecule has 0 heterocycles. The second-order valence-corrected chi connectivity index (χ2v) is 10.8. The Morgan fingerprint density at radius 3 is 2.12 bits per heavy atom. The summed E-state index contributed by atoms with van der Waals surface area (Å²) in [5.41, 5.74) is 3.89. The lowest BCUT2D eigenvalue weighted by atomic mass is 10.1. The third kappa shape index (κ3) is 8.16. The highest BCUT2D eigenvalue weighted by atomic mass is 32.2. The Morgan fingerprint density at radius 1 is 0.780 bits per heavy atom. The van der Waals surface area contributed by atoms with Gasteiger partial charge in [-0.25, -0.2) is 4.39 Å². The lowest BCUT2D eigenvalue weighted by Gasteiger charge is -2.14. The lowest BCUT2D eigenvalue weighted by Crippen LogP contribution is -2.30. The van der Waals surface area contributed by atoms with Crippen molar-refractivity contribution in [3.05, 3.63) is 131 Å². The van der Waals surface area contributed by atoms with E-state index in [1.54, 1.807) is 66.7 Å². The summed E-state index contributed by atoms with van der Waals surface area (Å²) in [4.78, 5) is 39.5. The van der Waals surface area contributed by atoms with Crippen LogP contribution in [0.5, 0.6) is 0 Å². The minimum absolute atomic E-state index is 0.112. The summed E-state index contributed by atoms with van der Waals surface area (Å²) in [5, 5.41) is 7.94. The van der Waals surface area contributed by atoms with Crippen molar-refractivity contribution in [3.8, 4) is 0 Å². The van der Waals surface area contributed by atoms with Gasteiger partial charge in [0.25, 0.3) is 11.8 Å². The molecule has 6 nitrogen and oxygen atoms in total. The van der Waals surface area contributed by atoms with Crippen LogP contribution in [0.25, 0.3) is 6.08 Å². The second-order valence-electron chi connectivity index (χ2n) is 9.43. The zero-order valence-corrected chi connectivity index (χ0v) is 23.7. The Balaban J connectivity index is 1.43. The van der Waals surface area contributed by atoms with Crippen LogP contribution in [0.2, 0.25) is 0 Å². The van der Waals surface area contributed by atoms with E-state index in [1.165, 1.54) is 30.0 Å². The third-order valence-electron chi connectivity index (χ3n) is 6.30. The SMILES string of the molecule is Cc1ccc(NC(=O)C(C)Sc2ccc(NC(=O)/C(=C/c3ccccc3F)NC(=O)c3ccccc3)cc2)cc1C. The highest BCUT2D eigenvalue weighted by Gasteiger charge is 2.17. The number of rotatable bonds is 9. The zero-order valence-electron chi connectivity index (χ0n) is 22.9. The van der Waals surface area contributed by atoms with E-state index in [1.807, 2.05) is 39.0 Å². The van der Waals surface area contributed by atoms with E-state index in [9.17, 15) is 18.8 Å². The topological polar surface area (TPSA) is 87.3 Å². The van der Waals surface area contributed by atoms with Crippen molar-refractivity contribution in [3.63, 3.8) is 0 Å². The number of thioether (sulfide) groups is 1. The molecule has 0 spiro atoms. The van der Waals surface area contributed by atoms with Crippen LogP contribution in [0.4, 0.5) is 15.8 Å². The molecule has 0 aromatic heterocycles. The molecule has 0 saturated carbocycles. The van der Waals surface area contributed by atoms with Gasteiger partial charge in [0.2, 0.25) is 5.91 Å². The van der Waals surface area contributed by atoms with Crippen LogP contribution in [0.1, 0.15) is 34.0 Å². The molecule has 3 N–H and O–H groups in total. The summed E-state index contributed by atoms with van der Waals surface area (Å²) in [6.07, 6.45) is 1.30. The number of halogens is 1. The Kier molecular flexibility index (Phi) is 9.71. The van der Waals surface area contributed by atoms with Gasteiger partial charge in [0.05, 0.1) is 5.25 Å². The fraction of sp³-hybridized carbons (Fsp3) is 0.121. The molecule has 0 aliphatic carbocycles. The van der Waals surface area contributed by atoms with E-state index >= 15 is 0 Å². The number of hydrogen-bond acceptors (Lipinski definition) is 4. The zero-order chi connectivity index (χ0) is 29.4. The Bertz CT molecular complexity index is 1590. The van der Waals surface area contributed by atoms with Crippen LogP contribution in [0.15, 0.2) is 108 Å². The summed E-state index contributed by atoms with van der Waals surface area (Å²) in [7, 11) is 0. The molecule has 1 atom stereocenters. The summed E-state index contributed by atoms with van der Waals surface area (Å²) in [6.45, 7) is 5.85. The maximum absolute atomic E-state index is 14.3. The van der Waals surface area contributed by atoms with Gasteiger partial charge in [0.1, 0.15) is 11.5 Å². The Hall–Kier alpha value is -4.69. The van der Waals surface area contributed by atoms with Crippen LogP contribution in [0.3, 0.4) is 0 Å². The minimum atomic E-state index is -0.612. The summed E-state index contributed by atoms with van der Waals surface area (Å²) in [6, 6.07) is 27.2. The predicted molar refractivity (Wildman–Crippen MR) is 163 cm³/mol. The average Bonchev–Trinajstić information content (AvgIpc) is 2.97. The summed E-state index contributed by atoms with van der Waals surface area (Å²) >= 11 is 1.39. The number of hydrogen-bond donors (Lipinski definition) is 3. The lowest BCUT2D eigenvalue weighted by molar-refractivity contribution is -0.115. The van der Waals surface area contributed by atoms with Crippen LogP contribution in [-0.2, 0) is 9.59 Å². The Labute approximate surface area is 243 Å². The van der Waals surface area contributed by atoms with Gasteiger partial charge >= 0.3 is 0 Å². The van der Waals surface area contributed by atoms with E-state index < -0.39 is 17.6 Å². The number of carbonyl (C=O) groups excluding carboxylic acids is 3. The van der Waals surface area contributed by atoms with Crippen molar-refractivity contribution in [2.75, 3.05) is 10.6 Å². The molecule has 0 saturated heterocycles. The predicted octanol–water partition coefficient (Wildman–Crippen LogP) is 6.97. The standard InChI is InChI=1S/C33H30FN3O3S/c1-21-13-14-27(19-22(21)2)36-31(38)23(3)41-28-17-15-26(16-18-28)35-33(40)30(20-25-11-7-8-12-29(25)34)37-32(39)24-9-5-4-6-10-24/h4-20,23H,1-3H3,(H,35,40)(H,36,38)(H,37,39)/b30-20-. The molecule has 0 fully saturated rings. The summed E-state index contributed by atoms with van der Waals surface area (Å²) < 4.78 is 14.3. The molecule has 4 aromatic carbocycles. The quantitative estimate of drug-likeness (QED) is 0.151. The van der Waals surface area contributed by atoms with Crippen LogP contribution >= 0.6 is 11.8 Å². The molecule has 3 amide bonds. The second kappa shape index (κ2) is 13.6. The van der Waals surface area contributed by atoms with Crippen LogP contribution in [-0.4, -0.2) is 23.0 Å². The van der Waals surface area contributed by atoms with Crippen molar-refractivity contribution in [1.82, 2.24) is 5.32 Å². The van der Waals surface area contributed by atoms with E-state index in [2.05, 4.69) is 16.0 Å². The van der Waals surface area contributed by atoms with Gasteiger partial charge in [-0.15, -0.1) is 11.8 Å². The fourth-order valence-corrected chi connectivity index (χ4v) is 4.69. The van der Waals surface area contributed by atoms with Gasteiger partial charge in [0.15, 0.2) is 0 Å². The number of anilines is 2. The van der Waals surface area contributed by atoms with Gasteiger partial charge in [-0.3, -0.25) is 14.4 Å². The molecule has 0 radical (unpaired) electrons. The molecule has 0 aliphatic heterocycles. The van der Waals surface area contributed by atoms with E-state index in [4.69, 9.17) is 0 Å². The largest absolute Gasteiger partial charge is 0.325 e. The van der Waals surface area contributed by atoms with Crippen molar-refractivity contribution < 1.29 is 18.8 Å². The molecule has 41 heavy (non-hydrogen) atoms. The number of aryl methyl sites for hydroxylation is 2. The van der Waals surface area contributed by atoms with Gasteiger partial charge in [-0.05, 0) is 92.6 Å². The Morgan fingerprint density at radius 2 is 1.44 bits per heavy atom. The first-order valence-corrected chi connectivity index (χ1v) is 13.9. The molecular formula is C33H30FN3O3S. The highest BCUT2D eigenvalue weighted by Crippen LogP contribution is 2.26. The van der Waals surface area contributed by atoms with Gasteiger partial charge in [-0.1, -0.05) is 42.5 Å². The third-order valence-corrected chi connectivity index (χ3v) is 7.41. The van der Waals surface area contributed by atoms with Crippen molar-refractivity contribution in [2.45, 2.75) is 30.9 Å². The molecule has 0 aliphatic rings. The number of carbonyl (C=O) groups is 3. The molecule has 4 aromatic rings. The molecule has 4 rings (SSSR count). The number of amides is 3. The molecule has 208 valence electrons. The molecule has 0 bridgehead atoms. The van der Waals surface area contributed by atoms with Gasteiger partial charge < -0.3 is 16.0 Å². The molecule has 1 unspecified atom stereocenters. The molecule has 8 heteroatoms. The normalized spacial score (nSPS) is 11.9.